The first-order valence-corrected chi connectivity index (χ1v) is 9.15. The molecule has 0 unspecified atom stereocenters. The number of hydrogen-bond donors (Lipinski definition) is 1. The maximum absolute atomic E-state index is 12.9. The average molecular weight is 415 g/mol. The summed E-state index contributed by atoms with van der Waals surface area (Å²) in [5.41, 5.74) is 2.42. The van der Waals surface area contributed by atoms with Crippen molar-refractivity contribution in [3.8, 4) is 0 Å². The molecule has 1 N–H and O–H groups in total. The van der Waals surface area contributed by atoms with Gasteiger partial charge < -0.3 is 15.0 Å². The third-order valence-electron chi connectivity index (χ3n) is 4.05. The summed E-state index contributed by atoms with van der Waals surface area (Å²) in [6, 6.07) is 17.1. The molecule has 0 saturated heterocycles. The number of amides is 1. The molecule has 2 aromatic rings. The second kappa shape index (κ2) is 8.19. The van der Waals surface area contributed by atoms with Crippen molar-refractivity contribution in [3.63, 3.8) is 0 Å². The Morgan fingerprint density at radius 3 is 2.50 bits per heavy atom. The summed E-state index contributed by atoms with van der Waals surface area (Å²) in [5.74, 6) is -0.692. The van der Waals surface area contributed by atoms with Crippen LogP contribution in [-0.2, 0) is 20.9 Å². The highest BCUT2D eigenvalue weighted by atomic mass is 79.9. The first-order chi connectivity index (χ1) is 12.6. The number of anilines is 1. The van der Waals surface area contributed by atoms with E-state index in [-0.39, 0.29) is 19.1 Å². The quantitative estimate of drug-likeness (QED) is 0.735. The second-order valence-electron chi connectivity index (χ2n) is 5.78. The summed E-state index contributed by atoms with van der Waals surface area (Å²) in [5, 5.41) is 3.13. The van der Waals surface area contributed by atoms with E-state index in [4.69, 9.17) is 4.74 Å². The third kappa shape index (κ3) is 3.96. The summed E-state index contributed by atoms with van der Waals surface area (Å²) < 4.78 is 6.06. The highest BCUT2D eigenvalue weighted by Crippen LogP contribution is 2.27. The normalized spacial score (nSPS) is 13.9. The van der Waals surface area contributed by atoms with E-state index in [9.17, 15) is 9.59 Å². The Morgan fingerprint density at radius 2 is 1.85 bits per heavy atom. The van der Waals surface area contributed by atoms with E-state index in [1.807, 2.05) is 54.6 Å². The van der Waals surface area contributed by atoms with Crippen LogP contribution in [0.1, 0.15) is 12.5 Å². The zero-order chi connectivity index (χ0) is 18.5. The lowest BCUT2D eigenvalue weighted by Gasteiger charge is -2.17. The molecule has 0 saturated carbocycles. The molecule has 6 heteroatoms. The molecule has 1 amide bonds. The lowest BCUT2D eigenvalue weighted by atomic mass is 10.2. The van der Waals surface area contributed by atoms with Crippen molar-refractivity contribution in [1.29, 1.82) is 0 Å². The third-order valence-corrected chi connectivity index (χ3v) is 4.58. The number of esters is 1. The SMILES string of the molecule is CCOC(=O)C1=C(NCc2ccccc2)C(=O)N(c2ccc(Br)cc2)C1. The fourth-order valence-electron chi connectivity index (χ4n) is 2.76. The Hall–Kier alpha value is -2.60. The number of halogens is 1. The van der Waals surface area contributed by atoms with E-state index in [1.54, 1.807) is 11.8 Å². The number of rotatable bonds is 6. The van der Waals surface area contributed by atoms with E-state index >= 15 is 0 Å². The van der Waals surface area contributed by atoms with Crippen molar-refractivity contribution >= 4 is 33.5 Å². The van der Waals surface area contributed by atoms with E-state index in [2.05, 4.69) is 21.2 Å². The fraction of sp³-hybridized carbons (Fsp3) is 0.200. The molecular formula is C20H19BrN2O3. The van der Waals surface area contributed by atoms with Gasteiger partial charge in [-0.1, -0.05) is 46.3 Å². The molecule has 0 bridgehead atoms. The predicted octanol–water partition coefficient (Wildman–Crippen LogP) is 3.40. The molecule has 134 valence electrons. The molecule has 1 heterocycles. The van der Waals surface area contributed by atoms with Crippen LogP contribution in [0.25, 0.3) is 0 Å². The molecular weight excluding hydrogens is 396 g/mol. The molecule has 0 aliphatic carbocycles. The molecule has 5 nitrogen and oxygen atoms in total. The number of benzene rings is 2. The van der Waals surface area contributed by atoms with Gasteiger partial charge in [-0.05, 0) is 36.8 Å². The Balaban J connectivity index is 1.84. The van der Waals surface area contributed by atoms with E-state index in [0.717, 1.165) is 15.7 Å². The molecule has 26 heavy (non-hydrogen) atoms. The standard InChI is InChI=1S/C20H19BrN2O3/c1-2-26-20(25)17-13-23(16-10-8-15(21)9-11-16)19(24)18(17)22-12-14-6-4-3-5-7-14/h3-11,22H,2,12-13H2,1H3. The van der Waals surface area contributed by atoms with Gasteiger partial charge >= 0.3 is 5.97 Å². The van der Waals surface area contributed by atoms with Crippen molar-refractivity contribution in [1.82, 2.24) is 5.32 Å². The van der Waals surface area contributed by atoms with Crippen LogP contribution in [-0.4, -0.2) is 25.0 Å². The minimum absolute atomic E-state index is 0.191. The number of carbonyl (C=O) groups excluding carboxylic acids is 2. The van der Waals surface area contributed by atoms with Gasteiger partial charge in [-0.3, -0.25) is 4.79 Å². The van der Waals surface area contributed by atoms with E-state index in [1.165, 1.54) is 0 Å². The van der Waals surface area contributed by atoms with Crippen molar-refractivity contribution < 1.29 is 14.3 Å². The number of nitrogens with one attached hydrogen (secondary N) is 1. The number of ether oxygens (including phenoxy) is 1. The maximum Gasteiger partial charge on any atom is 0.338 e. The average Bonchev–Trinajstić information content (AvgIpc) is 2.98. The Morgan fingerprint density at radius 1 is 1.15 bits per heavy atom. The fourth-order valence-corrected chi connectivity index (χ4v) is 3.02. The Labute approximate surface area is 160 Å². The molecule has 3 rings (SSSR count). The lowest BCUT2D eigenvalue weighted by molar-refractivity contribution is -0.138. The summed E-state index contributed by atoms with van der Waals surface area (Å²) in [6.07, 6.45) is 0. The Kier molecular flexibility index (Phi) is 5.73. The molecule has 1 aliphatic rings. The second-order valence-corrected chi connectivity index (χ2v) is 6.70. The largest absolute Gasteiger partial charge is 0.463 e. The first-order valence-electron chi connectivity index (χ1n) is 8.35. The van der Waals surface area contributed by atoms with Crippen LogP contribution in [0.5, 0.6) is 0 Å². The molecule has 0 radical (unpaired) electrons. The van der Waals surface area contributed by atoms with Crippen LogP contribution in [0.2, 0.25) is 0 Å². The van der Waals surface area contributed by atoms with Crippen molar-refractivity contribution in [2.45, 2.75) is 13.5 Å². The summed E-state index contributed by atoms with van der Waals surface area (Å²) in [6.45, 7) is 2.66. The van der Waals surface area contributed by atoms with Crippen LogP contribution in [0.3, 0.4) is 0 Å². The van der Waals surface area contributed by atoms with Crippen LogP contribution in [0.15, 0.2) is 70.3 Å². The zero-order valence-corrected chi connectivity index (χ0v) is 16.0. The first kappa shape index (κ1) is 18.2. The van der Waals surface area contributed by atoms with Gasteiger partial charge in [0.1, 0.15) is 5.70 Å². The lowest BCUT2D eigenvalue weighted by Crippen LogP contribution is -2.30. The van der Waals surface area contributed by atoms with Gasteiger partial charge in [0.05, 0.1) is 18.7 Å². The van der Waals surface area contributed by atoms with Gasteiger partial charge in [-0.2, -0.15) is 0 Å². The van der Waals surface area contributed by atoms with Gasteiger partial charge in [-0.25, -0.2) is 4.79 Å². The number of nitrogens with zero attached hydrogens (tertiary/aromatic N) is 1. The monoisotopic (exact) mass is 414 g/mol. The minimum Gasteiger partial charge on any atom is -0.463 e. The predicted molar refractivity (Wildman–Crippen MR) is 103 cm³/mol. The van der Waals surface area contributed by atoms with Gasteiger partial charge in [-0.15, -0.1) is 0 Å². The van der Waals surface area contributed by atoms with Gasteiger partial charge in [0, 0.05) is 16.7 Å². The van der Waals surface area contributed by atoms with Crippen LogP contribution in [0, 0.1) is 0 Å². The van der Waals surface area contributed by atoms with Crippen molar-refractivity contribution in [2.75, 3.05) is 18.1 Å². The number of hydrogen-bond acceptors (Lipinski definition) is 4. The minimum atomic E-state index is -0.462. The van der Waals surface area contributed by atoms with Gasteiger partial charge in [0.2, 0.25) is 0 Å². The van der Waals surface area contributed by atoms with E-state index in [0.29, 0.717) is 17.8 Å². The summed E-state index contributed by atoms with van der Waals surface area (Å²) >= 11 is 3.39. The molecule has 2 aromatic carbocycles. The topological polar surface area (TPSA) is 58.6 Å². The number of carbonyl (C=O) groups is 2. The van der Waals surface area contributed by atoms with E-state index < -0.39 is 5.97 Å². The van der Waals surface area contributed by atoms with Crippen LogP contribution >= 0.6 is 15.9 Å². The summed E-state index contributed by atoms with van der Waals surface area (Å²) in [4.78, 5) is 26.8. The zero-order valence-electron chi connectivity index (χ0n) is 14.4. The molecule has 0 spiro atoms. The smallest absolute Gasteiger partial charge is 0.338 e. The molecule has 0 fully saturated rings. The van der Waals surface area contributed by atoms with Gasteiger partial charge in [0.15, 0.2) is 0 Å². The van der Waals surface area contributed by atoms with Crippen molar-refractivity contribution in [2.24, 2.45) is 0 Å². The molecule has 0 aromatic heterocycles. The molecule has 0 atom stereocenters. The highest BCUT2D eigenvalue weighted by molar-refractivity contribution is 9.10. The van der Waals surface area contributed by atoms with Gasteiger partial charge in [0.25, 0.3) is 5.91 Å². The Bertz CT molecular complexity index is 832. The molecule has 1 aliphatic heterocycles. The maximum atomic E-state index is 12.9. The summed E-state index contributed by atoms with van der Waals surface area (Å²) in [7, 11) is 0. The van der Waals surface area contributed by atoms with Crippen LogP contribution in [0.4, 0.5) is 5.69 Å². The van der Waals surface area contributed by atoms with Crippen molar-refractivity contribution in [3.05, 3.63) is 75.9 Å². The van der Waals surface area contributed by atoms with Crippen LogP contribution < -0.4 is 10.2 Å². The highest BCUT2D eigenvalue weighted by Gasteiger charge is 2.35.